The molecule has 1 aliphatic carbocycles. The van der Waals surface area contributed by atoms with Gasteiger partial charge in [0.15, 0.2) is 0 Å². The average Bonchev–Trinajstić information content (AvgIpc) is 2.27. The molecule has 0 atom stereocenters. The number of fused-ring (bicyclic) bond motifs is 1. The number of rotatable bonds is 0. The Morgan fingerprint density at radius 1 is 1.12 bits per heavy atom. The second-order valence-electron chi connectivity index (χ2n) is 4.17. The molecule has 0 aromatic carbocycles. The van der Waals surface area contributed by atoms with Crippen LogP contribution in [0.2, 0.25) is 0 Å². The van der Waals surface area contributed by atoms with Crippen molar-refractivity contribution in [1.82, 2.24) is 9.55 Å². The van der Waals surface area contributed by atoms with Crippen LogP contribution >= 0.6 is 0 Å². The van der Waals surface area contributed by atoms with E-state index in [4.69, 9.17) is 0 Å². The fourth-order valence-corrected chi connectivity index (χ4v) is 1.88. The Morgan fingerprint density at radius 2 is 1.82 bits per heavy atom. The van der Waals surface area contributed by atoms with E-state index in [-0.39, 0.29) is 5.56 Å². The van der Waals surface area contributed by atoms with Crippen LogP contribution in [-0.4, -0.2) is 9.55 Å². The van der Waals surface area contributed by atoms with E-state index < -0.39 is 5.69 Å². The molecule has 1 aliphatic rings. The van der Waals surface area contributed by atoms with Crippen LogP contribution in [0.15, 0.2) is 33.4 Å². The first-order valence-electron chi connectivity index (χ1n) is 5.37. The van der Waals surface area contributed by atoms with Gasteiger partial charge in [0, 0.05) is 7.05 Å². The topological polar surface area (TPSA) is 54.9 Å². The maximum Gasteiger partial charge on any atom is 0.328 e. The van der Waals surface area contributed by atoms with E-state index in [1.54, 1.807) is 13.1 Å². The number of aromatic nitrogens is 2. The number of hydrogen-bond acceptors (Lipinski definition) is 2. The second-order valence-corrected chi connectivity index (χ2v) is 4.17. The molecule has 1 aromatic heterocycles. The van der Waals surface area contributed by atoms with Crippen molar-refractivity contribution in [3.63, 3.8) is 0 Å². The van der Waals surface area contributed by atoms with E-state index in [1.807, 2.05) is 32.1 Å². The summed E-state index contributed by atoms with van der Waals surface area (Å²) in [7, 11) is 1.65. The van der Waals surface area contributed by atoms with Crippen molar-refractivity contribution < 1.29 is 0 Å². The van der Waals surface area contributed by atoms with Crippen LogP contribution in [0.5, 0.6) is 0 Å². The third-order valence-electron chi connectivity index (χ3n) is 2.84. The van der Waals surface area contributed by atoms with E-state index in [0.717, 1.165) is 11.1 Å². The molecule has 0 unspecified atom stereocenters. The first kappa shape index (κ1) is 11.4. The zero-order valence-electron chi connectivity index (χ0n) is 10.1. The lowest BCUT2D eigenvalue weighted by molar-refractivity contribution is 0.781. The molecule has 17 heavy (non-hydrogen) atoms. The molecule has 1 heterocycles. The molecule has 0 amide bonds. The highest BCUT2D eigenvalue weighted by atomic mass is 16.2. The number of nitrogens with one attached hydrogen (secondary N) is 1. The van der Waals surface area contributed by atoms with Crippen molar-refractivity contribution in [3.8, 4) is 0 Å². The van der Waals surface area contributed by atoms with Crippen LogP contribution in [0.25, 0.3) is 11.6 Å². The summed E-state index contributed by atoms with van der Waals surface area (Å²) in [5.74, 6) is 0. The minimum atomic E-state index is -0.392. The maximum absolute atomic E-state index is 11.8. The molecule has 0 spiro atoms. The fourth-order valence-electron chi connectivity index (χ4n) is 1.88. The zero-order valence-corrected chi connectivity index (χ0v) is 10.1. The monoisotopic (exact) mass is 230 g/mol. The van der Waals surface area contributed by atoms with Crippen molar-refractivity contribution in [1.29, 1.82) is 0 Å². The van der Waals surface area contributed by atoms with Gasteiger partial charge in [0.25, 0.3) is 5.56 Å². The van der Waals surface area contributed by atoms with Crippen LogP contribution in [0, 0.1) is 0 Å². The van der Waals surface area contributed by atoms with Gasteiger partial charge >= 0.3 is 5.69 Å². The zero-order chi connectivity index (χ0) is 12.6. The summed E-state index contributed by atoms with van der Waals surface area (Å²) >= 11 is 0. The molecule has 88 valence electrons. The molecular weight excluding hydrogens is 216 g/mol. The molecule has 0 bridgehead atoms. The molecule has 0 radical (unpaired) electrons. The molecule has 0 fully saturated rings. The molecule has 0 aliphatic heterocycles. The maximum atomic E-state index is 11.8. The molecule has 4 nitrogen and oxygen atoms in total. The average molecular weight is 230 g/mol. The molecule has 4 heteroatoms. The summed E-state index contributed by atoms with van der Waals surface area (Å²) in [5, 5.41) is 0. The largest absolute Gasteiger partial charge is 0.328 e. The minimum Gasteiger partial charge on any atom is -0.296 e. The Morgan fingerprint density at radius 3 is 2.53 bits per heavy atom. The number of H-pyrrole nitrogens is 1. The van der Waals surface area contributed by atoms with E-state index >= 15 is 0 Å². The van der Waals surface area contributed by atoms with Gasteiger partial charge in [-0.05, 0) is 25.5 Å². The summed E-state index contributed by atoms with van der Waals surface area (Å²) in [5.41, 5.74) is 2.41. The van der Waals surface area contributed by atoms with E-state index in [2.05, 4.69) is 4.98 Å². The van der Waals surface area contributed by atoms with Crippen LogP contribution in [0.3, 0.4) is 0 Å². The van der Waals surface area contributed by atoms with Gasteiger partial charge in [-0.3, -0.25) is 14.3 Å². The molecule has 2 rings (SSSR count). The Balaban J connectivity index is 2.90. The summed E-state index contributed by atoms with van der Waals surface area (Å²) in [6.07, 6.45) is 7.48. The highest BCUT2D eigenvalue weighted by Crippen LogP contribution is 2.18. The van der Waals surface area contributed by atoms with Crippen molar-refractivity contribution in [2.24, 2.45) is 7.05 Å². The predicted octanol–water partition coefficient (Wildman–Crippen LogP) is 1.45. The first-order chi connectivity index (χ1) is 8.00. The van der Waals surface area contributed by atoms with Crippen molar-refractivity contribution in [2.45, 2.75) is 13.8 Å². The van der Waals surface area contributed by atoms with Gasteiger partial charge in [-0.2, -0.15) is 0 Å². The summed E-state index contributed by atoms with van der Waals surface area (Å²) in [4.78, 5) is 25.7. The Labute approximate surface area is 98.6 Å². The lowest BCUT2D eigenvalue weighted by Gasteiger charge is -2.12. The van der Waals surface area contributed by atoms with Crippen LogP contribution in [-0.2, 0) is 7.05 Å². The number of aromatic amines is 1. The predicted molar refractivity (Wildman–Crippen MR) is 68.7 cm³/mol. The van der Waals surface area contributed by atoms with Crippen molar-refractivity contribution in [3.05, 3.63) is 55.9 Å². The Bertz CT molecular complexity index is 670. The van der Waals surface area contributed by atoms with E-state index in [9.17, 15) is 9.59 Å². The van der Waals surface area contributed by atoms with E-state index in [1.165, 1.54) is 4.57 Å². The summed E-state index contributed by atoms with van der Waals surface area (Å²) in [6.45, 7) is 3.85. The minimum absolute atomic E-state index is 0.346. The Kier molecular flexibility index (Phi) is 2.71. The molecule has 1 aromatic rings. The van der Waals surface area contributed by atoms with Crippen LogP contribution in [0.4, 0.5) is 0 Å². The van der Waals surface area contributed by atoms with Gasteiger partial charge in [-0.15, -0.1) is 0 Å². The molecule has 0 saturated carbocycles. The quantitative estimate of drug-likeness (QED) is 0.733. The van der Waals surface area contributed by atoms with Gasteiger partial charge in [0.05, 0.1) is 11.3 Å². The third kappa shape index (κ3) is 1.93. The van der Waals surface area contributed by atoms with Crippen molar-refractivity contribution in [2.75, 3.05) is 0 Å². The normalized spacial score (nSPS) is 22.5. The van der Waals surface area contributed by atoms with Crippen LogP contribution < -0.4 is 11.2 Å². The lowest BCUT2D eigenvalue weighted by atomic mass is 10.0. The second kappa shape index (κ2) is 4.05. The van der Waals surface area contributed by atoms with Gasteiger partial charge in [-0.25, -0.2) is 4.79 Å². The molecular formula is C13H14N2O2. The highest BCUT2D eigenvalue weighted by Gasteiger charge is 2.12. The standard InChI is InChI=1S/C13H14N2O2/c1-8-4-6-9(2)11-10(7-5-8)12(16)14-13(17)15(11)3/h4-7H,1-3H3,(H,14,16,17)/b6-4?,7-5-,8-4-,8-5?,9-6-,10-7?,11-9?. The lowest BCUT2D eigenvalue weighted by Crippen LogP contribution is -2.32. The smallest absolute Gasteiger partial charge is 0.296 e. The number of nitrogens with zero attached hydrogens (tertiary/aromatic N) is 1. The summed E-state index contributed by atoms with van der Waals surface area (Å²) in [6, 6.07) is 0. The van der Waals surface area contributed by atoms with E-state index in [0.29, 0.717) is 11.3 Å². The summed E-state index contributed by atoms with van der Waals surface area (Å²) < 4.78 is 1.46. The van der Waals surface area contributed by atoms with Gasteiger partial charge in [0.2, 0.25) is 0 Å². The van der Waals surface area contributed by atoms with Gasteiger partial charge in [-0.1, -0.05) is 23.8 Å². The van der Waals surface area contributed by atoms with Crippen LogP contribution in [0.1, 0.15) is 25.1 Å². The number of allylic oxidation sites excluding steroid dienone is 5. The van der Waals surface area contributed by atoms with Gasteiger partial charge < -0.3 is 0 Å². The van der Waals surface area contributed by atoms with Crippen molar-refractivity contribution >= 4 is 11.6 Å². The number of hydrogen-bond donors (Lipinski definition) is 1. The molecule has 0 saturated heterocycles. The highest BCUT2D eigenvalue weighted by molar-refractivity contribution is 5.73. The fraction of sp³-hybridized carbons (Fsp3) is 0.231. The first-order valence-corrected chi connectivity index (χ1v) is 5.37. The molecule has 1 N–H and O–H groups in total. The Hall–Kier alpha value is -2.10. The SMILES string of the molecule is CC1=C/C=C(/C)c2c(c(=O)[nH]c(=O)n2C)/C=C\1. The van der Waals surface area contributed by atoms with Gasteiger partial charge in [0.1, 0.15) is 0 Å². The third-order valence-corrected chi connectivity index (χ3v) is 2.84.